The summed E-state index contributed by atoms with van der Waals surface area (Å²) in [7, 11) is 0. The predicted octanol–water partition coefficient (Wildman–Crippen LogP) is 3.78. The van der Waals surface area contributed by atoms with E-state index in [-0.39, 0.29) is 0 Å². The molecule has 3 N–H and O–H groups in total. The maximum Gasteiger partial charge on any atom is 0.248 e. The van der Waals surface area contributed by atoms with Crippen LogP contribution in [-0.2, 0) is 6.54 Å². The van der Waals surface area contributed by atoms with Gasteiger partial charge in [0.15, 0.2) is 0 Å². The molecule has 0 heterocycles. The number of amides is 1. The second kappa shape index (κ2) is 6.09. The summed E-state index contributed by atoms with van der Waals surface area (Å²) in [5.74, 6) is -0.393. The van der Waals surface area contributed by atoms with Crippen molar-refractivity contribution in [2.75, 3.05) is 5.32 Å². The zero-order chi connectivity index (χ0) is 14.7. The third-order valence-corrected chi connectivity index (χ3v) is 4.14. The monoisotopic (exact) mass is 332 g/mol. The standard InChI is InChI=1S/C16H17BrN2O/c1-10-3-6-14(8-15(10)17)19-9-13-5-4-12(16(18)20)7-11(13)2/h3-8,19H,9H2,1-2H3,(H2,18,20). The normalized spacial score (nSPS) is 10.3. The Labute approximate surface area is 127 Å². The van der Waals surface area contributed by atoms with E-state index in [2.05, 4.69) is 40.3 Å². The van der Waals surface area contributed by atoms with Gasteiger partial charge in [-0.1, -0.05) is 28.1 Å². The number of anilines is 1. The van der Waals surface area contributed by atoms with Crippen molar-refractivity contribution in [1.82, 2.24) is 0 Å². The summed E-state index contributed by atoms with van der Waals surface area (Å²) < 4.78 is 1.09. The molecule has 20 heavy (non-hydrogen) atoms. The van der Waals surface area contributed by atoms with Crippen LogP contribution in [0, 0.1) is 13.8 Å². The van der Waals surface area contributed by atoms with Crippen LogP contribution in [0.3, 0.4) is 0 Å². The van der Waals surface area contributed by atoms with E-state index in [1.165, 1.54) is 5.56 Å². The van der Waals surface area contributed by atoms with Crippen LogP contribution < -0.4 is 11.1 Å². The molecule has 3 nitrogen and oxygen atoms in total. The number of hydrogen-bond donors (Lipinski definition) is 2. The molecule has 104 valence electrons. The number of benzene rings is 2. The van der Waals surface area contributed by atoms with Crippen molar-refractivity contribution in [1.29, 1.82) is 0 Å². The molecule has 0 aliphatic rings. The Morgan fingerprint density at radius 2 is 1.90 bits per heavy atom. The highest BCUT2D eigenvalue weighted by Crippen LogP contribution is 2.21. The van der Waals surface area contributed by atoms with Gasteiger partial charge in [0.1, 0.15) is 0 Å². The Morgan fingerprint density at radius 3 is 2.50 bits per heavy atom. The van der Waals surface area contributed by atoms with E-state index in [1.807, 2.05) is 25.1 Å². The molecular formula is C16H17BrN2O. The van der Waals surface area contributed by atoms with E-state index in [0.717, 1.165) is 21.3 Å². The Balaban J connectivity index is 2.10. The van der Waals surface area contributed by atoms with Gasteiger partial charge in [0.05, 0.1) is 0 Å². The molecule has 0 aliphatic carbocycles. The summed E-state index contributed by atoms with van der Waals surface area (Å²) in [6, 6.07) is 11.7. The van der Waals surface area contributed by atoms with Gasteiger partial charge in [-0.3, -0.25) is 4.79 Å². The second-order valence-corrected chi connectivity index (χ2v) is 5.68. The molecule has 0 radical (unpaired) electrons. The van der Waals surface area contributed by atoms with Gasteiger partial charge in [0.2, 0.25) is 5.91 Å². The van der Waals surface area contributed by atoms with Crippen LogP contribution in [0.2, 0.25) is 0 Å². The van der Waals surface area contributed by atoms with Crippen LogP contribution in [0.15, 0.2) is 40.9 Å². The minimum absolute atomic E-state index is 0.393. The van der Waals surface area contributed by atoms with Gasteiger partial charge in [-0.2, -0.15) is 0 Å². The summed E-state index contributed by atoms with van der Waals surface area (Å²) in [4.78, 5) is 11.1. The van der Waals surface area contributed by atoms with Crippen LogP contribution in [0.25, 0.3) is 0 Å². The molecule has 0 unspecified atom stereocenters. The average molecular weight is 333 g/mol. The Bertz CT molecular complexity index is 653. The van der Waals surface area contributed by atoms with E-state index in [1.54, 1.807) is 6.07 Å². The number of primary amides is 1. The van der Waals surface area contributed by atoms with Crippen molar-refractivity contribution < 1.29 is 4.79 Å². The molecule has 2 rings (SSSR count). The van der Waals surface area contributed by atoms with E-state index < -0.39 is 5.91 Å². The van der Waals surface area contributed by atoms with E-state index in [4.69, 9.17) is 5.73 Å². The maximum atomic E-state index is 11.1. The highest BCUT2D eigenvalue weighted by molar-refractivity contribution is 9.10. The lowest BCUT2D eigenvalue weighted by Gasteiger charge is -2.11. The number of aryl methyl sites for hydroxylation is 2. The fraction of sp³-hybridized carbons (Fsp3) is 0.188. The minimum Gasteiger partial charge on any atom is -0.381 e. The summed E-state index contributed by atoms with van der Waals surface area (Å²) in [6.07, 6.45) is 0. The molecule has 0 aliphatic heterocycles. The van der Waals surface area contributed by atoms with Gasteiger partial charge in [0, 0.05) is 22.3 Å². The van der Waals surface area contributed by atoms with Gasteiger partial charge in [-0.25, -0.2) is 0 Å². The maximum absolute atomic E-state index is 11.1. The van der Waals surface area contributed by atoms with Crippen molar-refractivity contribution in [2.45, 2.75) is 20.4 Å². The van der Waals surface area contributed by atoms with Gasteiger partial charge < -0.3 is 11.1 Å². The molecular weight excluding hydrogens is 316 g/mol. The molecule has 0 aromatic heterocycles. The molecule has 0 saturated heterocycles. The van der Waals surface area contributed by atoms with Gasteiger partial charge in [-0.05, 0) is 54.8 Å². The number of hydrogen-bond acceptors (Lipinski definition) is 2. The zero-order valence-corrected chi connectivity index (χ0v) is 13.1. The van der Waals surface area contributed by atoms with E-state index in [9.17, 15) is 4.79 Å². The molecule has 1 amide bonds. The fourth-order valence-corrected chi connectivity index (χ4v) is 2.33. The van der Waals surface area contributed by atoms with Gasteiger partial charge in [0.25, 0.3) is 0 Å². The van der Waals surface area contributed by atoms with Crippen molar-refractivity contribution in [3.05, 3.63) is 63.1 Å². The Kier molecular flexibility index (Phi) is 4.45. The largest absolute Gasteiger partial charge is 0.381 e. The lowest BCUT2D eigenvalue weighted by Crippen LogP contribution is -2.11. The molecule has 0 saturated carbocycles. The minimum atomic E-state index is -0.393. The molecule has 0 spiro atoms. The van der Waals surface area contributed by atoms with Crippen molar-refractivity contribution in [3.8, 4) is 0 Å². The number of rotatable bonds is 4. The predicted molar refractivity (Wildman–Crippen MR) is 85.9 cm³/mol. The van der Waals surface area contributed by atoms with Crippen LogP contribution in [0.4, 0.5) is 5.69 Å². The topological polar surface area (TPSA) is 55.1 Å². The third-order valence-electron chi connectivity index (χ3n) is 3.28. The smallest absolute Gasteiger partial charge is 0.248 e. The van der Waals surface area contributed by atoms with Crippen LogP contribution >= 0.6 is 15.9 Å². The summed E-state index contributed by atoms with van der Waals surface area (Å²) in [5.41, 5.74) is 10.3. The highest BCUT2D eigenvalue weighted by Gasteiger charge is 2.04. The summed E-state index contributed by atoms with van der Waals surface area (Å²) in [5, 5.41) is 3.37. The second-order valence-electron chi connectivity index (χ2n) is 4.82. The first-order valence-corrected chi connectivity index (χ1v) is 7.16. The van der Waals surface area contributed by atoms with E-state index >= 15 is 0 Å². The summed E-state index contributed by atoms with van der Waals surface area (Å²) in [6.45, 7) is 4.75. The fourth-order valence-electron chi connectivity index (χ4n) is 1.95. The van der Waals surface area contributed by atoms with Crippen LogP contribution in [0.1, 0.15) is 27.0 Å². The molecule has 0 atom stereocenters. The van der Waals surface area contributed by atoms with Crippen molar-refractivity contribution in [3.63, 3.8) is 0 Å². The van der Waals surface area contributed by atoms with Crippen LogP contribution in [-0.4, -0.2) is 5.91 Å². The number of halogens is 1. The SMILES string of the molecule is Cc1ccc(NCc2ccc(C(N)=O)cc2C)cc1Br. The molecule has 2 aromatic rings. The van der Waals surface area contributed by atoms with E-state index in [0.29, 0.717) is 12.1 Å². The average Bonchev–Trinajstić information content (AvgIpc) is 2.41. The van der Waals surface area contributed by atoms with Crippen molar-refractivity contribution in [2.24, 2.45) is 5.73 Å². The lowest BCUT2D eigenvalue weighted by atomic mass is 10.0. The first kappa shape index (κ1) is 14.6. The molecule has 0 fully saturated rings. The molecule has 2 aromatic carbocycles. The van der Waals surface area contributed by atoms with Gasteiger partial charge >= 0.3 is 0 Å². The third kappa shape index (κ3) is 3.39. The molecule has 4 heteroatoms. The highest BCUT2D eigenvalue weighted by atomic mass is 79.9. The first-order valence-electron chi connectivity index (χ1n) is 6.36. The Hall–Kier alpha value is -1.81. The first-order chi connectivity index (χ1) is 9.47. The van der Waals surface area contributed by atoms with Crippen molar-refractivity contribution >= 4 is 27.5 Å². The quantitative estimate of drug-likeness (QED) is 0.895. The number of carbonyl (C=O) groups is 1. The zero-order valence-electron chi connectivity index (χ0n) is 11.5. The number of nitrogens with one attached hydrogen (secondary N) is 1. The number of carbonyl (C=O) groups excluding carboxylic acids is 1. The summed E-state index contributed by atoms with van der Waals surface area (Å²) >= 11 is 3.52. The Morgan fingerprint density at radius 1 is 1.15 bits per heavy atom. The molecule has 0 bridgehead atoms. The van der Waals surface area contributed by atoms with Gasteiger partial charge in [-0.15, -0.1) is 0 Å². The number of nitrogens with two attached hydrogens (primary N) is 1. The lowest BCUT2D eigenvalue weighted by molar-refractivity contribution is 0.1000. The van der Waals surface area contributed by atoms with Crippen LogP contribution in [0.5, 0.6) is 0 Å².